The number of rotatable bonds is 11. The van der Waals surface area contributed by atoms with Gasteiger partial charge in [-0.1, -0.05) is 87.0 Å². The van der Waals surface area contributed by atoms with Crippen LogP contribution in [0.25, 0.3) is 0 Å². The van der Waals surface area contributed by atoms with Gasteiger partial charge in [0.25, 0.3) is 11.7 Å². The third-order valence-electron chi connectivity index (χ3n) is 15.7. The van der Waals surface area contributed by atoms with E-state index in [0.717, 1.165) is 11.1 Å². The van der Waals surface area contributed by atoms with E-state index in [9.17, 15) is 29.1 Å². The highest BCUT2D eigenvalue weighted by atomic mass is 28.4. The molecule has 376 valence electrons. The molecule has 1 aliphatic carbocycles. The number of fused-ring (bicyclic) bond motifs is 3. The smallest absolute Gasteiger partial charge is 0.329 e. The zero-order valence-corrected chi connectivity index (χ0v) is 44.2. The molecule has 13 unspecified atom stereocenters. The molecule has 0 spiro atoms. The Labute approximate surface area is 397 Å². The second-order valence-electron chi connectivity index (χ2n) is 21.4. The molecular formula is C52H87NO12Si. The normalized spacial score (nSPS) is 35.7. The molecule has 1 saturated carbocycles. The summed E-state index contributed by atoms with van der Waals surface area (Å²) >= 11 is 0. The van der Waals surface area contributed by atoms with Crippen molar-refractivity contribution in [2.75, 3.05) is 27.9 Å². The number of nitrogens with zero attached hydrogens (tertiary/aromatic N) is 1. The summed E-state index contributed by atoms with van der Waals surface area (Å²) in [5.74, 6) is -6.95. The van der Waals surface area contributed by atoms with Gasteiger partial charge in [0.15, 0.2) is 5.78 Å². The lowest BCUT2D eigenvalue weighted by Crippen LogP contribution is -2.64. The Hall–Kier alpha value is -2.59. The Balaban J connectivity index is 1.93. The molecule has 66 heavy (non-hydrogen) atoms. The van der Waals surface area contributed by atoms with Crippen LogP contribution in [0.5, 0.6) is 0 Å². The van der Waals surface area contributed by atoms with Crippen molar-refractivity contribution in [2.24, 2.45) is 29.6 Å². The van der Waals surface area contributed by atoms with Gasteiger partial charge in [0, 0.05) is 58.5 Å². The SMILES string of the molecule is CCC1C=C(C)CC(C)CC(OC)C2OC(O)(C(=O)C(=O)N3CCCCC3C(=O)OC(C(C)=CC3CCC(=O)C(OC)C3)C(C)C(O[Si](C(C)C)(C(C)C)C(C)C)CC1=O)C(C)CC2OC. The first kappa shape index (κ1) is 56.0. The van der Waals surface area contributed by atoms with Crippen LogP contribution < -0.4 is 0 Å². The number of ketones is 3. The first-order chi connectivity index (χ1) is 31.0. The first-order valence-electron chi connectivity index (χ1n) is 25.1. The number of cyclic esters (lactones) is 1. The molecule has 13 nitrogen and oxygen atoms in total. The number of esters is 1. The molecule has 1 N–H and O–H groups in total. The number of carbonyl (C=O) groups is 5. The number of piperidine rings is 1. The number of amides is 1. The second-order valence-corrected chi connectivity index (χ2v) is 26.8. The van der Waals surface area contributed by atoms with Crippen LogP contribution in [0.15, 0.2) is 23.3 Å². The van der Waals surface area contributed by atoms with E-state index < -0.39 is 86.3 Å². The lowest BCUT2D eigenvalue weighted by molar-refractivity contribution is -0.302. The Morgan fingerprint density at radius 2 is 1.48 bits per heavy atom. The van der Waals surface area contributed by atoms with Gasteiger partial charge < -0.3 is 38.1 Å². The Kier molecular flexibility index (Phi) is 20.6. The molecule has 3 fully saturated rings. The molecule has 3 aliphatic heterocycles. The van der Waals surface area contributed by atoms with Crippen LogP contribution in [0.1, 0.15) is 154 Å². The van der Waals surface area contributed by atoms with Crippen molar-refractivity contribution in [2.45, 2.75) is 219 Å². The molecule has 14 heteroatoms. The fourth-order valence-corrected chi connectivity index (χ4v) is 17.7. The van der Waals surface area contributed by atoms with Crippen LogP contribution >= 0.6 is 0 Å². The van der Waals surface area contributed by atoms with Gasteiger partial charge >= 0.3 is 5.97 Å². The summed E-state index contributed by atoms with van der Waals surface area (Å²) in [6.07, 6.45) is 4.99. The van der Waals surface area contributed by atoms with Gasteiger partial charge in [-0.05, 0) is 106 Å². The first-order valence-corrected chi connectivity index (χ1v) is 27.3. The molecule has 0 radical (unpaired) electrons. The number of ether oxygens (including phenoxy) is 5. The van der Waals surface area contributed by atoms with E-state index in [4.69, 9.17) is 28.1 Å². The molecule has 2 bridgehead atoms. The van der Waals surface area contributed by atoms with Crippen LogP contribution in [-0.2, 0) is 52.1 Å². The van der Waals surface area contributed by atoms with Gasteiger partial charge in [-0.3, -0.25) is 19.2 Å². The number of hydrogen-bond donors (Lipinski definition) is 1. The summed E-state index contributed by atoms with van der Waals surface area (Å²) in [5, 5.41) is 12.2. The van der Waals surface area contributed by atoms with Crippen LogP contribution in [-0.4, -0.2) is 124 Å². The fourth-order valence-electron chi connectivity index (χ4n) is 12.0. The number of methoxy groups -OCH3 is 3. The quantitative estimate of drug-likeness (QED) is 0.0907. The second kappa shape index (κ2) is 24.3. The maximum absolute atomic E-state index is 14.9. The summed E-state index contributed by atoms with van der Waals surface area (Å²) in [6, 6.07) is -1.12. The molecule has 1 amide bonds. The molecule has 4 aliphatic rings. The van der Waals surface area contributed by atoms with Crippen molar-refractivity contribution in [3.8, 4) is 0 Å². The van der Waals surface area contributed by atoms with Crippen LogP contribution in [0, 0.1) is 29.6 Å². The van der Waals surface area contributed by atoms with E-state index in [1.54, 1.807) is 28.3 Å². The zero-order valence-electron chi connectivity index (χ0n) is 43.2. The van der Waals surface area contributed by atoms with Crippen molar-refractivity contribution >= 4 is 37.5 Å². The summed E-state index contributed by atoms with van der Waals surface area (Å²) in [7, 11) is 2.00. The summed E-state index contributed by atoms with van der Waals surface area (Å²) in [4.78, 5) is 72.8. The minimum absolute atomic E-state index is 0.0389. The average molecular weight is 946 g/mol. The van der Waals surface area contributed by atoms with Crippen molar-refractivity contribution in [1.29, 1.82) is 0 Å². The van der Waals surface area contributed by atoms with Crippen LogP contribution in [0.2, 0.25) is 16.6 Å². The number of aliphatic hydroxyl groups is 1. The predicted octanol–water partition coefficient (Wildman–Crippen LogP) is 8.88. The van der Waals surface area contributed by atoms with Crippen LogP contribution in [0.4, 0.5) is 0 Å². The lowest BCUT2D eigenvalue weighted by Gasteiger charge is -2.47. The van der Waals surface area contributed by atoms with Crippen molar-refractivity contribution in [1.82, 2.24) is 4.90 Å². The molecule has 2 saturated heterocycles. The topological polar surface area (TPSA) is 164 Å². The molecule has 3 heterocycles. The molecule has 0 aromatic carbocycles. The summed E-state index contributed by atoms with van der Waals surface area (Å²) < 4.78 is 38.1. The Morgan fingerprint density at radius 3 is 2.06 bits per heavy atom. The van der Waals surface area contributed by atoms with E-state index in [2.05, 4.69) is 60.6 Å². The highest BCUT2D eigenvalue weighted by Crippen LogP contribution is 2.46. The monoisotopic (exact) mass is 946 g/mol. The molecule has 4 rings (SSSR count). The standard InChI is InChI=1S/C52H87NO12Si/c1-16-39-24-33(8)23-34(9)25-45(61-14)48-46(62-15)27-36(11)52(59,64-48)49(56)50(57)53-22-18-17-19-40(53)51(58)63-47(35(10)26-38-20-21-41(54)44(28-38)60-13)37(12)43(29-42(39)55)65-66(30(2)3,31(4)5)32(6)7/h24,26,30-32,34,36-40,43-48,59H,16-23,25,27-29H2,1-15H3. The van der Waals surface area contributed by atoms with Gasteiger partial charge in [-0.15, -0.1) is 0 Å². The largest absolute Gasteiger partial charge is 0.456 e. The van der Waals surface area contributed by atoms with E-state index in [-0.39, 0.29) is 71.8 Å². The van der Waals surface area contributed by atoms with E-state index in [0.29, 0.717) is 51.4 Å². The highest BCUT2D eigenvalue weighted by Gasteiger charge is 2.57. The van der Waals surface area contributed by atoms with E-state index >= 15 is 0 Å². The number of hydrogen-bond acceptors (Lipinski definition) is 12. The van der Waals surface area contributed by atoms with E-state index in [1.165, 1.54) is 4.90 Å². The number of Topliss-reactive ketones (excluding diaryl/α,β-unsaturated/α-hetero) is 3. The molecule has 0 aromatic heterocycles. The third kappa shape index (κ3) is 12.6. The maximum atomic E-state index is 14.9. The summed E-state index contributed by atoms with van der Waals surface area (Å²) in [6.45, 7) is 25.1. The fraction of sp³-hybridized carbons (Fsp3) is 0.827. The van der Waals surface area contributed by atoms with Gasteiger partial charge in [-0.25, -0.2) is 4.79 Å². The minimum atomic E-state index is -2.65. The Bertz CT molecular complexity index is 1720. The molecular weight excluding hydrogens is 859 g/mol. The average Bonchev–Trinajstić information content (AvgIpc) is 3.27. The van der Waals surface area contributed by atoms with Crippen molar-refractivity contribution in [3.63, 3.8) is 0 Å². The minimum Gasteiger partial charge on any atom is -0.456 e. The predicted molar refractivity (Wildman–Crippen MR) is 257 cm³/mol. The van der Waals surface area contributed by atoms with E-state index in [1.807, 2.05) is 27.7 Å². The van der Waals surface area contributed by atoms with Gasteiger partial charge in [0.05, 0.1) is 18.3 Å². The van der Waals surface area contributed by atoms with Gasteiger partial charge in [-0.2, -0.15) is 0 Å². The molecule has 0 aromatic rings. The number of allylic oxidation sites excluding steroid dienone is 3. The molecule has 13 atom stereocenters. The van der Waals surface area contributed by atoms with Crippen molar-refractivity contribution < 1.29 is 57.2 Å². The maximum Gasteiger partial charge on any atom is 0.329 e. The summed E-state index contributed by atoms with van der Waals surface area (Å²) in [5.41, 5.74) is 2.41. The third-order valence-corrected chi connectivity index (χ3v) is 21.9. The zero-order chi connectivity index (χ0) is 49.4. The van der Waals surface area contributed by atoms with Gasteiger partial charge in [0.1, 0.15) is 30.1 Å². The van der Waals surface area contributed by atoms with Gasteiger partial charge in [0.2, 0.25) is 14.1 Å². The highest BCUT2D eigenvalue weighted by molar-refractivity contribution is 6.77. The van der Waals surface area contributed by atoms with Crippen molar-refractivity contribution in [3.05, 3.63) is 23.3 Å². The lowest BCUT2D eigenvalue weighted by atomic mass is 9.82. The number of carbonyl (C=O) groups excluding carboxylic acids is 5. The Morgan fingerprint density at radius 1 is 0.864 bits per heavy atom. The van der Waals surface area contributed by atoms with Crippen LogP contribution in [0.3, 0.4) is 0 Å².